The lowest BCUT2D eigenvalue weighted by molar-refractivity contribution is -0.142. The number of ether oxygens (including phenoxy) is 1. The van der Waals surface area contributed by atoms with Crippen molar-refractivity contribution in [1.82, 2.24) is 0 Å². The van der Waals surface area contributed by atoms with Gasteiger partial charge in [-0.2, -0.15) is 0 Å². The molecule has 0 aromatic rings. The van der Waals surface area contributed by atoms with Gasteiger partial charge in [-0.3, -0.25) is 4.79 Å². The van der Waals surface area contributed by atoms with E-state index in [2.05, 4.69) is 48.9 Å². The van der Waals surface area contributed by atoms with E-state index in [0.717, 1.165) is 6.42 Å². The predicted molar refractivity (Wildman–Crippen MR) is 78.5 cm³/mol. The van der Waals surface area contributed by atoms with Crippen LogP contribution in [0.4, 0.5) is 0 Å². The SMILES string of the molecule is CCCCC1(C)C(Br)=C(C)C=CC1COC(C)=O. The van der Waals surface area contributed by atoms with Crippen molar-refractivity contribution in [2.24, 2.45) is 11.3 Å². The average molecular weight is 315 g/mol. The standard InChI is InChI=1S/C15H23BrO2/c1-5-6-9-15(4)13(10-18-12(3)17)8-7-11(2)14(15)16/h7-8,13H,5-6,9-10H2,1-4H3. The summed E-state index contributed by atoms with van der Waals surface area (Å²) in [6.45, 7) is 8.51. The van der Waals surface area contributed by atoms with Crippen LogP contribution in [0.5, 0.6) is 0 Å². The smallest absolute Gasteiger partial charge is 0.302 e. The fraction of sp³-hybridized carbons (Fsp3) is 0.667. The molecule has 2 unspecified atom stereocenters. The molecule has 0 spiro atoms. The van der Waals surface area contributed by atoms with Crippen LogP contribution in [-0.2, 0) is 9.53 Å². The number of halogens is 1. The Bertz CT molecular complexity index is 371. The monoisotopic (exact) mass is 314 g/mol. The van der Waals surface area contributed by atoms with Crippen LogP contribution in [0.3, 0.4) is 0 Å². The van der Waals surface area contributed by atoms with Gasteiger partial charge < -0.3 is 4.74 Å². The van der Waals surface area contributed by atoms with Crippen LogP contribution in [-0.4, -0.2) is 12.6 Å². The molecule has 2 nitrogen and oxygen atoms in total. The molecule has 2 atom stereocenters. The first kappa shape index (κ1) is 15.5. The molecular formula is C15H23BrO2. The molecule has 1 aliphatic rings. The van der Waals surface area contributed by atoms with Crippen LogP contribution in [0.2, 0.25) is 0 Å². The first-order chi connectivity index (χ1) is 8.41. The molecule has 18 heavy (non-hydrogen) atoms. The molecule has 0 bridgehead atoms. The summed E-state index contributed by atoms with van der Waals surface area (Å²) in [6.07, 6.45) is 7.77. The summed E-state index contributed by atoms with van der Waals surface area (Å²) in [4.78, 5) is 11.0. The molecule has 0 aromatic carbocycles. The van der Waals surface area contributed by atoms with E-state index in [-0.39, 0.29) is 17.3 Å². The molecule has 0 saturated carbocycles. The van der Waals surface area contributed by atoms with Crippen molar-refractivity contribution >= 4 is 21.9 Å². The molecule has 3 heteroatoms. The molecule has 0 aromatic heterocycles. The van der Waals surface area contributed by atoms with Crippen molar-refractivity contribution in [1.29, 1.82) is 0 Å². The van der Waals surface area contributed by atoms with Gasteiger partial charge in [-0.05, 0) is 18.9 Å². The van der Waals surface area contributed by atoms with Crippen molar-refractivity contribution in [3.8, 4) is 0 Å². The van der Waals surface area contributed by atoms with E-state index < -0.39 is 0 Å². The number of allylic oxidation sites excluding steroid dienone is 3. The molecular weight excluding hydrogens is 292 g/mol. The zero-order valence-electron chi connectivity index (χ0n) is 11.8. The third-order valence-electron chi connectivity index (χ3n) is 3.76. The van der Waals surface area contributed by atoms with Gasteiger partial charge in [0.25, 0.3) is 0 Å². The van der Waals surface area contributed by atoms with Crippen molar-refractivity contribution < 1.29 is 9.53 Å². The number of unbranched alkanes of at least 4 members (excludes halogenated alkanes) is 1. The second kappa shape index (κ2) is 6.55. The van der Waals surface area contributed by atoms with Crippen LogP contribution in [0.1, 0.15) is 47.0 Å². The van der Waals surface area contributed by atoms with Crippen LogP contribution in [0, 0.1) is 11.3 Å². The fourth-order valence-corrected chi connectivity index (χ4v) is 3.07. The van der Waals surface area contributed by atoms with E-state index in [1.165, 1.54) is 29.8 Å². The summed E-state index contributed by atoms with van der Waals surface area (Å²) in [5, 5.41) is 0. The minimum Gasteiger partial charge on any atom is -0.465 e. The maximum atomic E-state index is 11.0. The molecule has 0 heterocycles. The number of carbonyl (C=O) groups is 1. The Hall–Kier alpha value is -0.570. The zero-order valence-corrected chi connectivity index (χ0v) is 13.3. The molecule has 102 valence electrons. The largest absolute Gasteiger partial charge is 0.465 e. The van der Waals surface area contributed by atoms with Gasteiger partial charge >= 0.3 is 5.97 Å². The average Bonchev–Trinajstić information content (AvgIpc) is 2.32. The Morgan fingerprint density at radius 2 is 2.22 bits per heavy atom. The van der Waals surface area contributed by atoms with Gasteiger partial charge in [0.05, 0.1) is 6.61 Å². The molecule has 1 rings (SSSR count). The van der Waals surface area contributed by atoms with E-state index in [0.29, 0.717) is 6.61 Å². The summed E-state index contributed by atoms with van der Waals surface area (Å²) in [7, 11) is 0. The fourth-order valence-electron chi connectivity index (χ4n) is 2.44. The third kappa shape index (κ3) is 3.47. The summed E-state index contributed by atoms with van der Waals surface area (Å²) in [6, 6.07) is 0. The second-order valence-corrected chi connectivity index (χ2v) is 6.08. The quantitative estimate of drug-likeness (QED) is 0.693. The molecule has 0 fully saturated rings. The minimum absolute atomic E-state index is 0.0459. The van der Waals surface area contributed by atoms with Crippen molar-refractivity contribution in [3.63, 3.8) is 0 Å². The second-order valence-electron chi connectivity index (χ2n) is 5.29. The topological polar surface area (TPSA) is 26.3 Å². The van der Waals surface area contributed by atoms with E-state index in [9.17, 15) is 4.79 Å². The number of rotatable bonds is 5. The summed E-state index contributed by atoms with van der Waals surface area (Å²) < 4.78 is 6.46. The first-order valence-corrected chi connectivity index (χ1v) is 7.39. The Morgan fingerprint density at radius 1 is 1.56 bits per heavy atom. The van der Waals surface area contributed by atoms with Crippen LogP contribution in [0.25, 0.3) is 0 Å². The lowest BCUT2D eigenvalue weighted by atomic mass is 9.70. The van der Waals surface area contributed by atoms with Crippen molar-refractivity contribution in [2.45, 2.75) is 47.0 Å². The van der Waals surface area contributed by atoms with Gasteiger partial charge in [0, 0.05) is 22.7 Å². The van der Waals surface area contributed by atoms with Gasteiger partial charge in [-0.15, -0.1) is 0 Å². The van der Waals surface area contributed by atoms with Gasteiger partial charge in [-0.25, -0.2) is 0 Å². The van der Waals surface area contributed by atoms with Crippen LogP contribution < -0.4 is 0 Å². The summed E-state index contributed by atoms with van der Waals surface area (Å²) >= 11 is 3.74. The van der Waals surface area contributed by atoms with Gasteiger partial charge in [0.1, 0.15) is 0 Å². The van der Waals surface area contributed by atoms with E-state index in [1.807, 2.05) is 0 Å². The first-order valence-electron chi connectivity index (χ1n) is 6.60. The van der Waals surface area contributed by atoms with Crippen LogP contribution in [0.15, 0.2) is 22.2 Å². The van der Waals surface area contributed by atoms with Crippen molar-refractivity contribution in [2.75, 3.05) is 6.61 Å². The van der Waals surface area contributed by atoms with Crippen LogP contribution >= 0.6 is 15.9 Å². The Balaban J connectivity index is 2.88. The molecule has 0 amide bonds. The zero-order chi connectivity index (χ0) is 13.8. The number of carbonyl (C=O) groups excluding carboxylic acids is 1. The Morgan fingerprint density at radius 3 is 2.78 bits per heavy atom. The van der Waals surface area contributed by atoms with Gasteiger partial charge in [-0.1, -0.05) is 54.8 Å². The summed E-state index contributed by atoms with van der Waals surface area (Å²) in [5.41, 5.74) is 1.32. The molecule has 0 N–H and O–H groups in total. The highest BCUT2D eigenvalue weighted by atomic mass is 79.9. The Labute approximate surface area is 119 Å². The predicted octanol–water partition coefficient (Wildman–Crippen LogP) is 4.60. The molecule has 0 aliphatic heterocycles. The molecule has 1 aliphatic carbocycles. The van der Waals surface area contributed by atoms with Gasteiger partial charge in [0.15, 0.2) is 0 Å². The lowest BCUT2D eigenvalue weighted by Crippen LogP contribution is -2.33. The number of esters is 1. The number of hydrogen-bond donors (Lipinski definition) is 0. The van der Waals surface area contributed by atoms with E-state index in [1.54, 1.807) is 0 Å². The molecule has 0 saturated heterocycles. The molecule has 0 radical (unpaired) electrons. The third-order valence-corrected chi connectivity index (χ3v) is 5.29. The highest BCUT2D eigenvalue weighted by Gasteiger charge is 2.38. The van der Waals surface area contributed by atoms with E-state index >= 15 is 0 Å². The highest BCUT2D eigenvalue weighted by Crippen LogP contribution is 2.48. The maximum absolute atomic E-state index is 11.0. The van der Waals surface area contributed by atoms with Crippen molar-refractivity contribution in [3.05, 3.63) is 22.2 Å². The number of hydrogen-bond acceptors (Lipinski definition) is 2. The lowest BCUT2D eigenvalue weighted by Gasteiger charge is -2.39. The van der Waals surface area contributed by atoms with E-state index in [4.69, 9.17) is 4.74 Å². The van der Waals surface area contributed by atoms with Gasteiger partial charge in [0.2, 0.25) is 0 Å². The summed E-state index contributed by atoms with van der Waals surface area (Å²) in [5.74, 6) is 0.0506. The Kier molecular flexibility index (Phi) is 5.64. The normalized spacial score (nSPS) is 27.5. The minimum atomic E-state index is -0.205. The highest BCUT2D eigenvalue weighted by molar-refractivity contribution is 9.11. The maximum Gasteiger partial charge on any atom is 0.302 e.